The van der Waals surface area contributed by atoms with Gasteiger partial charge in [-0.05, 0) is 23.8 Å². The molecule has 1 aliphatic rings. The van der Waals surface area contributed by atoms with Crippen LogP contribution in [-0.2, 0) is 5.41 Å². The first-order valence-corrected chi connectivity index (χ1v) is 9.57. The number of benzene rings is 1. The van der Waals surface area contributed by atoms with E-state index in [0.717, 1.165) is 5.92 Å². The van der Waals surface area contributed by atoms with Gasteiger partial charge in [0.15, 0.2) is 0 Å². The molecule has 0 aromatic heterocycles. The topological polar surface area (TPSA) is 0 Å². The first kappa shape index (κ1) is 11.9. The van der Waals surface area contributed by atoms with Crippen molar-refractivity contribution in [2.45, 2.75) is 52.2 Å². The molecule has 1 atom stereocenters. The normalized spacial score (nSPS) is 26.2. The van der Waals surface area contributed by atoms with E-state index in [1.807, 2.05) is 0 Å². The van der Waals surface area contributed by atoms with Gasteiger partial charge < -0.3 is 0 Å². The van der Waals surface area contributed by atoms with Crippen LogP contribution in [0.15, 0.2) is 18.2 Å². The highest BCUT2D eigenvalue weighted by atomic mass is 28.3. The summed E-state index contributed by atoms with van der Waals surface area (Å²) in [5.41, 5.74) is 3.39. The van der Waals surface area contributed by atoms with Crippen molar-refractivity contribution in [1.29, 1.82) is 0 Å². The fourth-order valence-electron chi connectivity index (χ4n) is 3.18. The second-order valence-electron chi connectivity index (χ2n) is 6.76. The van der Waals surface area contributed by atoms with Crippen LogP contribution in [0.1, 0.15) is 31.9 Å². The summed E-state index contributed by atoms with van der Waals surface area (Å²) < 4.78 is 0. The molecule has 1 heterocycles. The molecule has 1 aromatic rings. The van der Waals surface area contributed by atoms with E-state index in [1.54, 1.807) is 10.8 Å². The van der Waals surface area contributed by atoms with Crippen LogP contribution in [-0.4, -0.2) is 8.07 Å². The van der Waals surface area contributed by atoms with E-state index in [-0.39, 0.29) is 0 Å². The molecule has 1 heteroatoms. The van der Waals surface area contributed by atoms with Crippen LogP contribution in [0.5, 0.6) is 0 Å². The molecule has 0 N–H and O–H groups in total. The van der Waals surface area contributed by atoms with E-state index in [9.17, 15) is 0 Å². The SMILES string of the molecule is Cc1ccc2c(c1)C(C)(C)C(C)C[Si]2(C)C. The maximum absolute atomic E-state index is 2.52. The fourth-order valence-corrected chi connectivity index (χ4v) is 7.10. The Morgan fingerprint density at radius 2 is 1.88 bits per heavy atom. The fraction of sp³-hybridized carbons (Fsp3) is 0.600. The van der Waals surface area contributed by atoms with Crippen molar-refractivity contribution in [3.05, 3.63) is 29.3 Å². The molecule has 88 valence electrons. The molecule has 16 heavy (non-hydrogen) atoms. The second-order valence-corrected chi connectivity index (χ2v) is 11.5. The molecular weight excluding hydrogens is 208 g/mol. The minimum absolute atomic E-state index is 0.351. The van der Waals surface area contributed by atoms with Gasteiger partial charge in [-0.2, -0.15) is 0 Å². The predicted octanol–water partition coefficient (Wildman–Crippen LogP) is 3.84. The number of fused-ring (bicyclic) bond motifs is 1. The van der Waals surface area contributed by atoms with Gasteiger partial charge in [0.05, 0.1) is 8.07 Å². The summed E-state index contributed by atoms with van der Waals surface area (Å²) in [7, 11) is -1.19. The first-order valence-electron chi connectivity index (χ1n) is 6.37. The Hall–Kier alpha value is -0.563. The Balaban J connectivity index is 2.68. The van der Waals surface area contributed by atoms with Gasteiger partial charge in [0, 0.05) is 0 Å². The van der Waals surface area contributed by atoms with Gasteiger partial charge in [-0.15, -0.1) is 0 Å². The zero-order valence-electron chi connectivity index (χ0n) is 11.5. The molecule has 0 radical (unpaired) electrons. The van der Waals surface area contributed by atoms with Crippen molar-refractivity contribution in [2.24, 2.45) is 5.92 Å². The lowest BCUT2D eigenvalue weighted by Gasteiger charge is -2.45. The predicted molar refractivity (Wildman–Crippen MR) is 75.3 cm³/mol. The van der Waals surface area contributed by atoms with Crippen LogP contribution in [0.4, 0.5) is 0 Å². The molecule has 1 unspecified atom stereocenters. The molecule has 2 rings (SSSR count). The molecule has 0 amide bonds. The lowest BCUT2D eigenvalue weighted by molar-refractivity contribution is 0.364. The molecule has 0 aliphatic carbocycles. The van der Waals surface area contributed by atoms with Crippen molar-refractivity contribution in [2.75, 3.05) is 0 Å². The molecule has 1 aliphatic heterocycles. The van der Waals surface area contributed by atoms with E-state index >= 15 is 0 Å². The quantitative estimate of drug-likeness (QED) is 0.596. The molecule has 1 aromatic carbocycles. The highest BCUT2D eigenvalue weighted by Crippen LogP contribution is 2.41. The molecule has 0 bridgehead atoms. The largest absolute Gasteiger partial charge is 0.0813 e. The number of hydrogen-bond acceptors (Lipinski definition) is 0. The van der Waals surface area contributed by atoms with Crippen molar-refractivity contribution in [1.82, 2.24) is 0 Å². The maximum Gasteiger partial charge on any atom is 0.0813 e. The van der Waals surface area contributed by atoms with Gasteiger partial charge in [-0.1, -0.05) is 68.9 Å². The standard InChI is InChI=1S/C15H24Si/c1-11-7-8-14-13(9-11)15(3,4)12(2)10-16(14,5)6/h7-9,12H,10H2,1-6H3. The van der Waals surface area contributed by atoms with Gasteiger partial charge >= 0.3 is 0 Å². The Kier molecular flexibility index (Phi) is 2.58. The van der Waals surface area contributed by atoms with Crippen molar-refractivity contribution >= 4 is 13.3 Å². The highest BCUT2D eigenvalue weighted by Gasteiger charge is 2.42. The van der Waals surface area contributed by atoms with Crippen LogP contribution < -0.4 is 5.19 Å². The average molecular weight is 232 g/mol. The van der Waals surface area contributed by atoms with Crippen LogP contribution in [0.3, 0.4) is 0 Å². The third-order valence-corrected chi connectivity index (χ3v) is 8.17. The number of aryl methyl sites for hydroxylation is 1. The summed E-state index contributed by atoms with van der Waals surface area (Å²) in [5, 5.41) is 1.70. The van der Waals surface area contributed by atoms with Crippen molar-refractivity contribution < 1.29 is 0 Å². The number of rotatable bonds is 0. The molecule has 0 nitrogen and oxygen atoms in total. The average Bonchev–Trinajstić information content (AvgIpc) is 2.14. The van der Waals surface area contributed by atoms with Gasteiger partial charge in [0.2, 0.25) is 0 Å². The molecule has 0 spiro atoms. The zero-order chi connectivity index (χ0) is 12.1. The summed E-state index contributed by atoms with van der Waals surface area (Å²) in [6.45, 7) is 14.5. The van der Waals surface area contributed by atoms with Crippen molar-refractivity contribution in [3.63, 3.8) is 0 Å². The van der Waals surface area contributed by atoms with E-state index in [1.165, 1.54) is 11.6 Å². The summed E-state index contributed by atoms with van der Waals surface area (Å²) in [4.78, 5) is 0. The van der Waals surface area contributed by atoms with E-state index < -0.39 is 8.07 Å². The minimum atomic E-state index is -1.19. The summed E-state index contributed by atoms with van der Waals surface area (Å²) in [5.74, 6) is 0.809. The zero-order valence-corrected chi connectivity index (χ0v) is 12.5. The summed E-state index contributed by atoms with van der Waals surface area (Å²) in [6.07, 6.45) is 0. The Morgan fingerprint density at radius 3 is 2.50 bits per heavy atom. The van der Waals surface area contributed by atoms with E-state index in [0.29, 0.717) is 5.41 Å². The van der Waals surface area contributed by atoms with Crippen LogP contribution >= 0.6 is 0 Å². The Labute approximate surface area is 101 Å². The first-order chi connectivity index (χ1) is 7.25. The van der Waals surface area contributed by atoms with Gasteiger partial charge in [0.1, 0.15) is 0 Å². The third kappa shape index (κ3) is 1.66. The number of hydrogen-bond donors (Lipinski definition) is 0. The third-order valence-electron chi connectivity index (χ3n) is 4.65. The summed E-state index contributed by atoms with van der Waals surface area (Å²) >= 11 is 0. The maximum atomic E-state index is 2.52. The smallest absolute Gasteiger partial charge is 0.0654 e. The Bertz CT molecular complexity index is 415. The Morgan fingerprint density at radius 1 is 1.25 bits per heavy atom. The van der Waals surface area contributed by atoms with Crippen LogP contribution in [0.25, 0.3) is 0 Å². The van der Waals surface area contributed by atoms with Crippen LogP contribution in [0, 0.1) is 12.8 Å². The van der Waals surface area contributed by atoms with Gasteiger partial charge in [-0.3, -0.25) is 0 Å². The van der Waals surface area contributed by atoms with E-state index in [2.05, 4.69) is 59.0 Å². The second kappa shape index (κ2) is 3.46. The van der Waals surface area contributed by atoms with E-state index in [4.69, 9.17) is 0 Å². The lowest BCUT2D eigenvalue weighted by Crippen LogP contribution is -2.54. The minimum Gasteiger partial charge on any atom is -0.0654 e. The van der Waals surface area contributed by atoms with Crippen molar-refractivity contribution in [3.8, 4) is 0 Å². The summed E-state index contributed by atoms with van der Waals surface area (Å²) in [6, 6.07) is 8.56. The molecular formula is C15H24Si. The highest BCUT2D eigenvalue weighted by molar-refractivity contribution is 6.90. The monoisotopic (exact) mass is 232 g/mol. The lowest BCUT2D eigenvalue weighted by atomic mass is 9.74. The van der Waals surface area contributed by atoms with Crippen LogP contribution in [0.2, 0.25) is 19.1 Å². The molecule has 0 saturated heterocycles. The molecule has 0 saturated carbocycles. The molecule has 0 fully saturated rings. The van der Waals surface area contributed by atoms with Gasteiger partial charge in [-0.25, -0.2) is 0 Å². The van der Waals surface area contributed by atoms with Gasteiger partial charge in [0.25, 0.3) is 0 Å².